The van der Waals surface area contributed by atoms with Crippen LogP contribution in [-0.2, 0) is 11.2 Å². The third-order valence-electron chi connectivity index (χ3n) is 2.74. The monoisotopic (exact) mass is 224 g/mol. The molecule has 0 aliphatic heterocycles. The van der Waals surface area contributed by atoms with Crippen LogP contribution in [0.25, 0.3) is 0 Å². The highest BCUT2D eigenvalue weighted by atomic mass is 16.5. The fourth-order valence-corrected chi connectivity index (χ4v) is 1.67. The van der Waals surface area contributed by atoms with Gasteiger partial charge in [-0.1, -0.05) is 13.8 Å². The van der Waals surface area contributed by atoms with Crippen LogP contribution in [0.1, 0.15) is 56.2 Å². The molecule has 1 aromatic heterocycles. The van der Waals surface area contributed by atoms with Gasteiger partial charge in [0.05, 0.1) is 18.5 Å². The van der Waals surface area contributed by atoms with Crippen LogP contribution in [0, 0.1) is 0 Å². The van der Waals surface area contributed by atoms with Gasteiger partial charge in [0.25, 0.3) is 0 Å². The molecule has 4 heteroatoms. The SMILES string of the molecule is CCOC(=O)c1cnn(C(C)CC)c1CC. The zero-order valence-electron chi connectivity index (χ0n) is 10.5. The van der Waals surface area contributed by atoms with Gasteiger partial charge in [0.1, 0.15) is 5.56 Å². The molecule has 1 atom stereocenters. The molecular formula is C12H20N2O2. The van der Waals surface area contributed by atoms with E-state index in [0.29, 0.717) is 18.2 Å². The Morgan fingerprint density at radius 3 is 2.69 bits per heavy atom. The fraction of sp³-hybridized carbons (Fsp3) is 0.667. The van der Waals surface area contributed by atoms with E-state index in [1.165, 1.54) is 0 Å². The number of ether oxygens (including phenoxy) is 1. The average molecular weight is 224 g/mol. The Morgan fingerprint density at radius 1 is 1.50 bits per heavy atom. The molecule has 16 heavy (non-hydrogen) atoms. The lowest BCUT2D eigenvalue weighted by Crippen LogP contribution is -2.12. The largest absolute Gasteiger partial charge is 0.462 e. The summed E-state index contributed by atoms with van der Waals surface area (Å²) in [5.41, 5.74) is 1.57. The topological polar surface area (TPSA) is 44.1 Å². The van der Waals surface area contributed by atoms with Crippen molar-refractivity contribution in [1.29, 1.82) is 0 Å². The molecule has 1 rings (SSSR count). The Bertz CT molecular complexity index is 358. The van der Waals surface area contributed by atoms with Gasteiger partial charge in [0, 0.05) is 6.04 Å². The van der Waals surface area contributed by atoms with Crippen molar-refractivity contribution in [2.75, 3.05) is 6.61 Å². The summed E-state index contributed by atoms with van der Waals surface area (Å²) < 4.78 is 6.93. The number of aromatic nitrogens is 2. The molecule has 1 aromatic rings. The smallest absolute Gasteiger partial charge is 0.341 e. The van der Waals surface area contributed by atoms with E-state index < -0.39 is 0 Å². The first-order chi connectivity index (χ1) is 7.65. The van der Waals surface area contributed by atoms with E-state index in [1.807, 2.05) is 18.5 Å². The summed E-state index contributed by atoms with van der Waals surface area (Å²) in [5.74, 6) is -0.270. The summed E-state index contributed by atoms with van der Waals surface area (Å²) in [5, 5.41) is 4.28. The molecule has 0 saturated heterocycles. The van der Waals surface area contributed by atoms with Gasteiger partial charge in [-0.05, 0) is 26.7 Å². The van der Waals surface area contributed by atoms with Gasteiger partial charge in [0.15, 0.2) is 0 Å². The van der Waals surface area contributed by atoms with Gasteiger partial charge in [-0.15, -0.1) is 0 Å². The molecule has 1 unspecified atom stereocenters. The van der Waals surface area contributed by atoms with Crippen molar-refractivity contribution in [3.8, 4) is 0 Å². The maximum absolute atomic E-state index is 11.7. The second kappa shape index (κ2) is 5.68. The van der Waals surface area contributed by atoms with Crippen LogP contribution < -0.4 is 0 Å². The lowest BCUT2D eigenvalue weighted by molar-refractivity contribution is 0.0525. The number of hydrogen-bond donors (Lipinski definition) is 0. The van der Waals surface area contributed by atoms with Gasteiger partial charge in [-0.2, -0.15) is 5.10 Å². The van der Waals surface area contributed by atoms with E-state index in [0.717, 1.165) is 18.5 Å². The van der Waals surface area contributed by atoms with Crippen molar-refractivity contribution in [3.05, 3.63) is 17.5 Å². The van der Waals surface area contributed by atoms with Gasteiger partial charge in [-0.25, -0.2) is 4.79 Å². The molecule has 0 bridgehead atoms. The molecule has 0 aliphatic carbocycles. The molecule has 0 fully saturated rings. The van der Waals surface area contributed by atoms with Crippen LogP contribution in [0.4, 0.5) is 0 Å². The van der Waals surface area contributed by atoms with Crippen LogP contribution in [0.3, 0.4) is 0 Å². The van der Waals surface area contributed by atoms with Crippen LogP contribution in [0.5, 0.6) is 0 Å². The highest BCUT2D eigenvalue weighted by Gasteiger charge is 2.18. The van der Waals surface area contributed by atoms with Crippen molar-refractivity contribution in [2.24, 2.45) is 0 Å². The predicted octanol–water partition coefficient (Wildman–Crippen LogP) is 2.59. The van der Waals surface area contributed by atoms with Crippen LogP contribution in [0.2, 0.25) is 0 Å². The molecule has 0 radical (unpaired) electrons. The molecule has 1 heterocycles. The highest BCUT2D eigenvalue weighted by molar-refractivity contribution is 5.90. The number of carbonyl (C=O) groups excluding carboxylic acids is 1. The van der Waals surface area contributed by atoms with E-state index >= 15 is 0 Å². The fourth-order valence-electron chi connectivity index (χ4n) is 1.67. The summed E-state index contributed by atoms with van der Waals surface area (Å²) in [6, 6.07) is 0.318. The molecule has 0 N–H and O–H groups in total. The number of nitrogens with zero attached hydrogens (tertiary/aromatic N) is 2. The maximum Gasteiger partial charge on any atom is 0.341 e. The lowest BCUT2D eigenvalue weighted by Gasteiger charge is -2.13. The minimum absolute atomic E-state index is 0.270. The van der Waals surface area contributed by atoms with Crippen molar-refractivity contribution in [2.45, 2.75) is 46.6 Å². The summed E-state index contributed by atoms with van der Waals surface area (Å²) >= 11 is 0. The maximum atomic E-state index is 11.7. The number of esters is 1. The van der Waals surface area contributed by atoms with Gasteiger partial charge in [-0.3, -0.25) is 4.68 Å². The standard InChI is InChI=1S/C12H20N2O2/c1-5-9(4)14-11(6-2)10(8-13-14)12(15)16-7-3/h8-9H,5-7H2,1-4H3. The van der Waals surface area contributed by atoms with E-state index in [2.05, 4.69) is 18.9 Å². The van der Waals surface area contributed by atoms with Gasteiger partial charge in [0.2, 0.25) is 0 Å². The molecule has 4 nitrogen and oxygen atoms in total. The average Bonchev–Trinajstić information content (AvgIpc) is 2.71. The molecule has 0 saturated carbocycles. The van der Waals surface area contributed by atoms with Crippen molar-refractivity contribution in [1.82, 2.24) is 9.78 Å². The van der Waals surface area contributed by atoms with E-state index in [4.69, 9.17) is 4.74 Å². The first kappa shape index (κ1) is 12.7. The Kier molecular flexibility index (Phi) is 4.52. The van der Waals surface area contributed by atoms with Crippen molar-refractivity contribution >= 4 is 5.97 Å². The molecule has 90 valence electrons. The van der Waals surface area contributed by atoms with E-state index in [-0.39, 0.29) is 5.97 Å². The van der Waals surface area contributed by atoms with Crippen molar-refractivity contribution in [3.63, 3.8) is 0 Å². The Balaban J connectivity index is 3.03. The number of rotatable bonds is 5. The van der Waals surface area contributed by atoms with E-state index in [9.17, 15) is 4.79 Å². The van der Waals surface area contributed by atoms with Gasteiger partial charge < -0.3 is 4.74 Å². The summed E-state index contributed by atoms with van der Waals surface area (Å²) in [6.45, 7) is 8.44. The molecule has 0 amide bonds. The molecule has 0 aliphatic rings. The summed E-state index contributed by atoms with van der Waals surface area (Å²) in [4.78, 5) is 11.7. The van der Waals surface area contributed by atoms with Crippen LogP contribution in [-0.4, -0.2) is 22.4 Å². The number of hydrogen-bond acceptors (Lipinski definition) is 3. The first-order valence-electron chi connectivity index (χ1n) is 5.89. The molecule has 0 aromatic carbocycles. The third kappa shape index (κ3) is 2.43. The van der Waals surface area contributed by atoms with Crippen LogP contribution in [0.15, 0.2) is 6.20 Å². The van der Waals surface area contributed by atoms with Gasteiger partial charge >= 0.3 is 5.97 Å². The minimum atomic E-state index is -0.270. The predicted molar refractivity (Wildman–Crippen MR) is 62.6 cm³/mol. The second-order valence-corrected chi connectivity index (χ2v) is 3.78. The minimum Gasteiger partial charge on any atom is -0.462 e. The zero-order chi connectivity index (χ0) is 12.1. The Labute approximate surface area is 96.6 Å². The van der Waals surface area contributed by atoms with Crippen LogP contribution >= 0.6 is 0 Å². The summed E-state index contributed by atoms with van der Waals surface area (Å²) in [7, 11) is 0. The molecule has 0 spiro atoms. The quantitative estimate of drug-likeness (QED) is 0.722. The Morgan fingerprint density at radius 2 is 2.19 bits per heavy atom. The lowest BCUT2D eigenvalue weighted by atomic mass is 10.2. The zero-order valence-corrected chi connectivity index (χ0v) is 10.5. The first-order valence-corrected chi connectivity index (χ1v) is 5.89. The second-order valence-electron chi connectivity index (χ2n) is 3.78. The normalized spacial score (nSPS) is 12.5. The third-order valence-corrected chi connectivity index (χ3v) is 2.74. The summed E-state index contributed by atoms with van der Waals surface area (Å²) in [6.07, 6.45) is 3.40. The molecular weight excluding hydrogens is 204 g/mol. The van der Waals surface area contributed by atoms with Crippen molar-refractivity contribution < 1.29 is 9.53 Å². The Hall–Kier alpha value is -1.32. The van der Waals surface area contributed by atoms with E-state index in [1.54, 1.807) is 6.20 Å². The highest BCUT2D eigenvalue weighted by Crippen LogP contribution is 2.17. The number of carbonyl (C=O) groups is 1.